The molecule has 0 bridgehead atoms. The zero-order valence-electron chi connectivity index (χ0n) is 28.3. The summed E-state index contributed by atoms with van der Waals surface area (Å²) in [5.41, 5.74) is 3.02. The molecule has 0 fully saturated rings. The molecule has 234 valence electrons. The zero-order chi connectivity index (χ0) is 32.5. The second-order valence-corrected chi connectivity index (χ2v) is 8.47. The van der Waals surface area contributed by atoms with Gasteiger partial charge >= 0.3 is 5.97 Å². The summed E-state index contributed by atoms with van der Waals surface area (Å²) in [4.78, 5) is 25.5. The summed E-state index contributed by atoms with van der Waals surface area (Å²) >= 11 is 0. The maximum absolute atomic E-state index is 10.6. The number of hydrogen-bond donors (Lipinski definition) is 1. The van der Waals surface area contributed by atoms with Crippen molar-refractivity contribution < 1.29 is 14.3 Å². The van der Waals surface area contributed by atoms with E-state index in [-0.39, 0.29) is 5.97 Å². The first-order chi connectivity index (χ1) is 19.7. The molecule has 7 nitrogen and oxygen atoms in total. The van der Waals surface area contributed by atoms with Crippen LogP contribution in [0.5, 0.6) is 0 Å². The van der Waals surface area contributed by atoms with Gasteiger partial charge < -0.3 is 14.5 Å². The number of aromatic amines is 1. The normalized spacial score (nSPS) is 10.6. The Kier molecular flexibility index (Phi) is 37.5. The van der Waals surface area contributed by atoms with E-state index < -0.39 is 0 Å². The third-order valence-electron chi connectivity index (χ3n) is 5.00. The summed E-state index contributed by atoms with van der Waals surface area (Å²) < 4.78 is 9.12. The van der Waals surface area contributed by atoms with Crippen molar-refractivity contribution >= 4 is 30.0 Å². The second-order valence-electron chi connectivity index (χ2n) is 8.47. The molecule has 1 unspecified atom stereocenters. The van der Waals surface area contributed by atoms with Gasteiger partial charge in [-0.3, -0.25) is 9.79 Å². The van der Waals surface area contributed by atoms with Crippen LogP contribution in [0.2, 0.25) is 0 Å². The highest BCUT2D eigenvalue weighted by atomic mass is 16.5. The van der Waals surface area contributed by atoms with Crippen LogP contribution in [0.1, 0.15) is 107 Å². The second kappa shape index (κ2) is 34.5. The van der Waals surface area contributed by atoms with Gasteiger partial charge in [0.25, 0.3) is 0 Å². The Morgan fingerprint density at radius 1 is 1.05 bits per heavy atom. The summed E-state index contributed by atoms with van der Waals surface area (Å²) in [5.74, 6) is 1.82. The van der Waals surface area contributed by atoms with Crippen molar-refractivity contribution in [2.45, 2.75) is 95.4 Å². The molecule has 1 aromatic heterocycles. The summed E-state index contributed by atoms with van der Waals surface area (Å²) in [5, 5.41) is 0. The molecule has 1 atom stereocenters. The molecule has 7 heteroatoms. The van der Waals surface area contributed by atoms with Gasteiger partial charge in [0.2, 0.25) is 0 Å². The van der Waals surface area contributed by atoms with E-state index >= 15 is 0 Å². The van der Waals surface area contributed by atoms with Gasteiger partial charge in [0.15, 0.2) is 12.2 Å². The number of methoxy groups -OCH3 is 2. The number of aliphatic imine (C=N–C) groups is 2. The predicted molar refractivity (Wildman–Crippen MR) is 181 cm³/mol. The average Bonchev–Trinajstić information content (AvgIpc) is 3.49. The Bertz CT molecular complexity index is 917. The first-order valence-corrected chi connectivity index (χ1v) is 14.7. The molecular formula is C34H60N4O3. The van der Waals surface area contributed by atoms with E-state index in [1.807, 2.05) is 78.9 Å². The molecule has 0 aliphatic heterocycles. The quantitative estimate of drug-likeness (QED) is 0.184. The molecule has 41 heavy (non-hydrogen) atoms. The summed E-state index contributed by atoms with van der Waals surface area (Å²) in [6.07, 6.45) is 11.1. The van der Waals surface area contributed by atoms with Crippen molar-refractivity contribution in [1.29, 1.82) is 0 Å². The van der Waals surface area contributed by atoms with Gasteiger partial charge in [-0.1, -0.05) is 118 Å². The molecule has 0 spiro atoms. The van der Waals surface area contributed by atoms with Gasteiger partial charge in [-0.05, 0) is 37.3 Å². The number of carbonyl (C=O) groups excluding carboxylic acids is 1. The van der Waals surface area contributed by atoms with Crippen molar-refractivity contribution in [2.75, 3.05) is 14.2 Å². The molecule has 2 rings (SSSR count). The standard InChI is InChI=1S/C11H13N.C7H9N3O.C7H14O2.C5H12.2C2H6/c1-3-9-12-10(2)11-7-5-4-6-8-11;1-3-6-7(9-4-8-6)10-5-11-2;1-4-6(2)5-7(8)9-3;1-4-5(2)3;2*1-2/h3-9H,1-2H3;3-5H,1H2,2H3,(H,8,9);6H,4-5H2,1-3H3;5H,4H2,1-3H3;2*1-2H3/b9-3-,12-10?;10-5+;;;;. The Morgan fingerprint density at radius 3 is 2.02 bits per heavy atom. The van der Waals surface area contributed by atoms with Crippen LogP contribution in [0.3, 0.4) is 0 Å². The van der Waals surface area contributed by atoms with Crippen LogP contribution in [0, 0.1) is 11.8 Å². The molecule has 0 aliphatic rings. The molecule has 0 aliphatic carbocycles. The SMILES string of the molecule is C/C=C\N=C(C)c1ccccc1.C=Cc1[nH]cnc1/N=C/OC.CC.CC.CCC(C)C.CCC(C)CC(=O)OC. The van der Waals surface area contributed by atoms with Gasteiger partial charge in [0.1, 0.15) is 0 Å². The smallest absolute Gasteiger partial charge is 0.305 e. The van der Waals surface area contributed by atoms with Crippen molar-refractivity contribution in [3.63, 3.8) is 0 Å². The minimum absolute atomic E-state index is 0.107. The summed E-state index contributed by atoms with van der Waals surface area (Å²) in [6, 6.07) is 10.2. The van der Waals surface area contributed by atoms with E-state index in [0.29, 0.717) is 18.2 Å². The number of allylic oxidation sites excluding steroid dienone is 1. The number of esters is 1. The number of imidazole rings is 1. The fraction of sp³-hybridized carbons (Fsp3) is 0.529. The molecular weight excluding hydrogens is 512 g/mol. The maximum Gasteiger partial charge on any atom is 0.305 e. The van der Waals surface area contributed by atoms with Crippen molar-refractivity contribution in [2.24, 2.45) is 21.8 Å². The van der Waals surface area contributed by atoms with Gasteiger partial charge in [-0.25, -0.2) is 4.98 Å². The number of H-pyrrole nitrogens is 1. The molecule has 1 N–H and O–H groups in total. The monoisotopic (exact) mass is 572 g/mol. The first kappa shape index (κ1) is 44.5. The zero-order valence-corrected chi connectivity index (χ0v) is 28.3. The highest BCUT2D eigenvalue weighted by molar-refractivity contribution is 5.98. The minimum Gasteiger partial charge on any atom is -0.486 e. The van der Waals surface area contributed by atoms with E-state index in [1.54, 1.807) is 12.4 Å². The van der Waals surface area contributed by atoms with Crippen LogP contribution < -0.4 is 0 Å². The molecule has 0 radical (unpaired) electrons. The van der Waals surface area contributed by atoms with Crippen molar-refractivity contribution in [1.82, 2.24) is 9.97 Å². The van der Waals surface area contributed by atoms with Crippen LogP contribution in [0.4, 0.5) is 5.82 Å². The number of hydrogen-bond acceptors (Lipinski definition) is 6. The topological polar surface area (TPSA) is 88.9 Å². The molecule has 1 heterocycles. The molecule has 2 aromatic rings. The Hall–Kier alpha value is -3.48. The highest BCUT2D eigenvalue weighted by Gasteiger charge is 2.05. The Balaban J connectivity index is -0.000000221. The number of nitrogens with zero attached hydrogens (tertiary/aromatic N) is 3. The van der Waals surface area contributed by atoms with E-state index in [1.165, 1.54) is 32.6 Å². The van der Waals surface area contributed by atoms with Gasteiger partial charge in [-0.15, -0.1) is 0 Å². The Labute approximate surface area is 252 Å². The number of ether oxygens (including phenoxy) is 2. The van der Waals surface area contributed by atoms with Crippen molar-refractivity contribution in [3.8, 4) is 0 Å². The summed E-state index contributed by atoms with van der Waals surface area (Å²) in [7, 11) is 2.95. The Morgan fingerprint density at radius 2 is 1.61 bits per heavy atom. The predicted octanol–water partition coefficient (Wildman–Crippen LogP) is 10.1. The number of benzene rings is 1. The number of carbonyl (C=O) groups is 1. The largest absolute Gasteiger partial charge is 0.486 e. The lowest BCUT2D eigenvalue weighted by molar-refractivity contribution is -0.141. The average molecular weight is 573 g/mol. The number of rotatable bonds is 9. The van der Waals surface area contributed by atoms with E-state index in [9.17, 15) is 4.79 Å². The van der Waals surface area contributed by atoms with E-state index in [2.05, 4.69) is 75.8 Å². The number of nitrogens with one attached hydrogen (secondary N) is 1. The van der Waals surface area contributed by atoms with Gasteiger partial charge in [0.05, 0.1) is 26.2 Å². The third-order valence-corrected chi connectivity index (χ3v) is 5.00. The fourth-order valence-corrected chi connectivity index (χ4v) is 2.11. The van der Waals surface area contributed by atoms with E-state index in [4.69, 9.17) is 0 Å². The van der Waals surface area contributed by atoms with E-state index in [0.717, 1.165) is 23.7 Å². The van der Waals surface area contributed by atoms with Crippen LogP contribution >= 0.6 is 0 Å². The fourth-order valence-electron chi connectivity index (χ4n) is 2.11. The minimum atomic E-state index is -0.107. The lowest BCUT2D eigenvalue weighted by atomic mass is 10.1. The first-order valence-electron chi connectivity index (χ1n) is 14.7. The molecule has 0 saturated carbocycles. The third kappa shape index (κ3) is 29.3. The van der Waals surface area contributed by atoms with Crippen LogP contribution in [-0.4, -0.2) is 42.3 Å². The number of aromatic nitrogens is 2. The van der Waals surface area contributed by atoms with Gasteiger partial charge in [-0.2, -0.15) is 4.99 Å². The van der Waals surface area contributed by atoms with Crippen molar-refractivity contribution in [3.05, 3.63) is 66.8 Å². The summed E-state index contributed by atoms with van der Waals surface area (Å²) in [6.45, 7) is 26.3. The molecule has 1 aromatic carbocycles. The lowest BCUT2D eigenvalue weighted by Crippen LogP contribution is -2.05. The lowest BCUT2D eigenvalue weighted by Gasteiger charge is -2.04. The van der Waals surface area contributed by atoms with Crippen LogP contribution in [0.15, 0.2) is 65.5 Å². The highest BCUT2D eigenvalue weighted by Crippen LogP contribution is 2.13. The van der Waals surface area contributed by atoms with Crippen LogP contribution in [0.25, 0.3) is 6.08 Å². The molecule has 0 amide bonds. The van der Waals surface area contributed by atoms with Gasteiger partial charge in [0, 0.05) is 18.3 Å². The van der Waals surface area contributed by atoms with Crippen LogP contribution in [-0.2, 0) is 14.3 Å². The maximum atomic E-state index is 10.6. The molecule has 0 saturated heterocycles.